The van der Waals surface area contributed by atoms with Gasteiger partial charge in [0.15, 0.2) is 17.3 Å². The molecule has 6 rings (SSSR count). The van der Waals surface area contributed by atoms with Crippen molar-refractivity contribution in [2.75, 3.05) is 6.61 Å². The summed E-state index contributed by atoms with van der Waals surface area (Å²) in [6, 6.07) is 3.72. The summed E-state index contributed by atoms with van der Waals surface area (Å²) < 4.78 is 15.5. The lowest BCUT2D eigenvalue weighted by Crippen LogP contribution is -2.35. The van der Waals surface area contributed by atoms with Gasteiger partial charge in [0.05, 0.1) is 29.7 Å². The molecule has 7 nitrogen and oxygen atoms in total. The van der Waals surface area contributed by atoms with Crippen molar-refractivity contribution in [3.05, 3.63) is 67.0 Å². The van der Waals surface area contributed by atoms with E-state index in [0.29, 0.717) is 41.3 Å². The third-order valence-corrected chi connectivity index (χ3v) is 6.03. The number of aliphatic imine (C=N–C) groups is 1. The van der Waals surface area contributed by atoms with E-state index in [-0.39, 0.29) is 23.5 Å². The number of fused-ring (bicyclic) bond motifs is 6. The fourth-order valence-electron chi connectivity index (χ4n) is 4.64. The summed E-state index contributed by atoms with van der Waals surface area (Å²) in [5, 5.41) is 13.4. The van der Waals surface area contributed by atoms with Crippen molar-refractivity contribution in [2.24, 2.45) is 4.99 Å². The summed E-state index contributed by atoms with van der Waals surface area (Å²) in [7, 11) is 0. The zero-order valence-electron chi connectivity index (χ0n) is 15.4. The number of ether oxygens (including phenoxy) is 1. The Labute approximate surface area is 163 Å². The van der Waals surface area contributed by atoms with Crippen LogP contribution in [0.15, 0.2) is 41.9 Å². The fraction of sp³-hybridized carbons (Fsp3) is 0.227. The Balaban J connectivity index is 1.67. The Morgan fingerprint density at radius 2 is 2.10 bits per heavy atom. The molecule has 0 amide bonds. The van der Waals surface area contributed by atoms with Gasteiger partial charge >= 0.3 is 5.82 Å². The number of carbonyl (C=O) groups excluding carboxylic acids is 1. The molecule has 144 valence electrons. The first-order valence-corrected chi connectivity index (χ1v) is 9.41. The van der Waals surface area contributed by atoms with Crippen molar-refractivity contribution >= 4 is 35.6 Å². The summed E-state index contributed by atoms with van der Waals surface area (Å²) in [5.41, 5.74) is 1.60. The van der Waals surface area contributed by atoms with Crippen LogP contribution in [0.3, 0.4) is 0 Å². The molecule has 2 aliphatic heterocycles. The van der Waals surface area contributed by atoms with Gasteiger partial charge in [0.2, 0.25) is 0 Å². The van der Waals surface area contributed by atoms with Crippen molar-refractivity contribution in [1.82, 2.24) is 0 Å². The average molecular weight is 389 g/mol. The van der Waals surface area contributed by atoms with Crippen LogP contribution in [0.2, 0.25) is 0 Å². The number of hydrogen-bond acceptors (Lipinski definition) is 7. The Hall–Kier alpha value is -3.45. The van der Waals surface area contributed by atoms with E-state index in [1.165, 1.54) is 6.08 Å². The SMILES string of the molecule is CCC1(O)C2=C(N=C3Cc4oc(=O)oc4C=C3C2=O)c2c1ccc1c2=CCOC=1. The Bertz CT molecular complexity index is 1410. The first-order chi connectivity index (χ1) is 14.0. The largest absolute Gasteiger partial charge is 0.519 e. The number of rotatable bonds is 1. The number of hydrogen-bond donors (Lipinski definition) is 1. The van der Waals surface area contributed by atoms with Gasteiger partial charge in [0.1, 0.15) is 12.2 Å². The summed E-state index contributed by atoms with van der Waals surface area (Å²) in [6.45, 7) is 2.25. The van der Waals surface area contributed by atoms with Crippen molar-refractivity contribution in [2.45, 2.75) is 25.4 Å². The van der Waals surface area contributed by atoms with Crippen LogP contribution in [0.4, 0.5) is 0 Å². The standard InChI is InChI=1S/C22H15NO6/c1-2-22(26)13-4-3-10-9-27-6-5-11(10)17(13)19-18(22)20(24)12-7-15-16(8-14(12)23-19)29-21(25)28-15/h3-5,7,9,26H,2,6,8H2,1H3. The van der Waals surface area contributed by atoms with E-state index in [1.807, 2.05) is 25.1 Å². The smallest absolute Gasteiger partial charge is 0.496 e. The zero-order valence-corrected chi connectivity index (χ0v) is 15.4. The van der Waals surface area contributed by atoms with Crippen molar-refractivity contribution < 1.29 is 23.5 Å². The second-order valence-electron chi connectivity index (χ2n) is 7.45. The van der Waals surface area contributed by atoms with E-state index in [0.717, 1.165) is 16.0 Å². The molecule has 0 fully saturated rings. The fourth-order valence-corrected chi connectivity index (χ4v) is 4.64. The highest BCUT2D eigenvalue weighted by molar-refractivity contribution is 6.37. The first kappa shape index (κ1) is 16.5. The van der Waals surface area contributed by atoms with Gasteiger partial charge in [0.25, 0.3) is 0 Å². The number of benzene rings is 1. The number of Topliss-reactive ketones (excluding diaryl/α,β-unsaturated/α-hetero) is 1. The van der Waals surface area contributed by atoms with E-state index >= 15 is 0 Å². The maximum Gasteiger partial charge on any atom is 0.519 e. The Morgan fingerprint density at radius 3 is 2.93 bits per heavy atom. The molecule has 1 aromatic carbocycles. The highest BCUT2D eigenvalue weighted by Gasteiger charge is 2.50. The third-order valence-electron chi connectivity index (χ3n) is 6.03. The van der Waals surface area contributed by atoms with Crippen LogP contribution in [-0.2, 0) is 21.6 Å². The number of allylic oxidation sites excluding steroid dienone is 1. The monoisotopic (exact) mass is 389 g/mol. The highest BCUT2D eigenvalue weighted by Crippen LogP contribution is 2.49. The lowest BCUT2D eigenvalue weighted by atomic mass is 9.80. The predicted molar refractivity (Wildman–Crippen MR) is 103 cm³/mol. The van der Waals surface area contributed by atoms with Gasteiger partial charge < -0.3 is 18.7 Å². The molecule has 1 unspecified atom stereocenters. The minimum atomic E-state index is -1.43. The molecule has 7 heteroatoms. The molecule has 0 saturated carbocycles. The number of nitrogens with zero attached hydrogens (tertiary/aromatic N) is 1. The normalized spacial score (nSPS) is 23.4. The maximum atomic E-state index is 13.5. The average Bonchev–Trinajstić information content (AvgIpc) is 3.21. The zero-order chi connectivity index (χ0) is 19.9. The van der Waals surface area contributed by atoms with Crippen LogP contribution in [0.5, 0.6) is 0 Å². The molecule has 4 aliphatic rings. The highest BCUT2D eigenvalue weighted by atomic mass is 16.6. The molecule has 2 aromatic rings. The van der Waals surface area contributed by atoms with Gasteiger partial charge in [0, 0.05) is 16.4 Å². The third kappa shape index (κ3) is 1.97. The molecule has 29 heavy (non-hydrogen) atoms. The second kappa shape index (κ2) is 5.33. The molecule has 0 bridgehead atoms. The Morgan fingerprint density at radius 1 is 1.24 bits per heavy atom. The maximum absolute atomic E-state index is 13.5. The summed E-state index contributed by atoms with van der Waals surface area (Å²) in [6.07, 6.45) is 5.60. The summed E-state index contributed by atoms with van der Waals surface area (Å²) in [5.74, 6) is -0.533. The van der Waals surface area contributed by atoms with E-state index < -0.39 is 11.4 Å². The minimum Gasteiger partial charge on any atom is -0.496 e. The molecule has 1 N–H and O–H groups in total. The van der Waals surface area contributed by atoms with E-state index in [4.69, 9.17) is 18.6 Å². The lowest BCUT2D eigenvalue weighted by molar-refractivity contribution is -0.114. The van der Waals surface area contributed by atoms with Gasteiger partial charge in [-0.25, -0.2) is 4.79 Å². The van der Waals surface area contributed by atoms with Crippen molar-refractivity contribution in [1.29, 1.82) is 0 Å². The van der Waals surface area contributed by atoms with Crippen LogP contribution in [0.1, 0.15) is 36.0 Å². The first-order valence-electron chi connectivity index (χ1n) is 9.41. The van der Waals surface area contributed by atoms with Crippen LogP contribution < -0.4 is 16.3 Å². The van der Waals surface area contributed by atoms with Crippen molar-refractivity contribution in [3.63, 3.8) is 0 Å². The second-order valence-corrected chi connectivity index (χ2v) is 7.45. The molecule has 1 aromatic heterocycles. The lowest BCUT2D eigenvalue weighted by Gasteiger charge is -2.28. The molecule has 2 aliphatic carbocycles. The van der Waals surface area contributed by atoms with Crippen molar-refractivity contribution in [3.8, 4) is 0 Å². The Kier molecular flexibility index (Phi) is 3.03. The molecule has 0 spiro atoms. The quantitative estimate of drug-likeness (QED) is 0.773. The molecular formula is C22H15NO6. The van der Waals surface area contributed by atoms with Crippen LogP contribution in [0, 0.1) is 0 Å². The van der Waals surface area contributed by atoms with Gasteiger partial charge in [-0.2, -0.15) is 0 Å². The number of carbonyl (C=O) groups is 1. The van der Waals surface area contributed by atoms with Gasteiger partial charge in [-0.15, -0.1) is 0 Å². The molecular weight excluding hydrogens is 374 g/mol. The van der Waals surface area contributed by atoms with Crippen LogP contribution in [-0.4, -0.2) is 23.2 Å². The number of ketones is 1. The van der Waals surface area contributed by atoms with E-state index in [2.05, 4.69) is 0 Å². The topological polar surface area (TPSA) is 102 Å². The molecule has 0 radical (unpaired) electrons. The molecule has 3 heterocycles. The van der Waals surface area contributed by atoms with Gasteiger partial charge in [-0.3, -0.25) is 9.79 Å². The van der Waals surface area contributed by atoms with Crippen LogP contribution >= 0.6 is 0 Å². The summed E-state index contributed by atoms with van der Waals surface area (Å²) in [4.78, 5) is 29.8. The molecule has 1 atom stereocenters. The van der Waals surface area contributed by atoms with Crippen LogP contribution in [0.25, 0.3) is 24.1 Å². The number of aliphatic hydroxyl groups is 1. The molecule has 0 saturated heterocycles. The van der Waals surface area contributed by atoms with E-state index in [1.54, 1.807) is 6.26 Å². The predicted octanol–water partition coefficient (Wildman–Crippen LogP) is 0.767. The minimum absolute atomic E-state index is 0.184. The van der Waals surface area contributed by atoms with Gasteiger partial charge in [-0.1, -0.05) is 19.1 Å². The van der Waals surface area contributed by atoms with E-state index in [9.17, 15) is 14.7 Å². The van der Waals surface area contributed by atoms with Gasteiger partial charge in [-0.05, 0) is 29.4 Å². The summed E-state index contributed by atoms with van der Waals surface area (Å²) >= 11 is 0.